The molecule has 4 heteroatoms. The Bertz CT molecular complexity index is 447. The van der Waals surface area contributed by atoms with Crippen LogP contribution in [0.15, 0.2) is 18.3 Å². The molecule has 3 nitrogen and oxygen atoms in total. The van der Waals surface area contributed by atoms with Crippen LogP contribution in [0.5, 0.6) is 0 Å². The smallest absolute Gasteiger partial charge is 0.111 e. The lowest BCUT2D eigenvalue weighted by Gasteiger charge is -1.97. The first kappa shape index (κ1) is 8.53. The monoisotopic (exact) mass is 195 g/mol. The average molecular weight is 196 g/mol. The molecule has 0 bridgehead atoms. The van der Waals surface area contributed by atoms with Crippen molar-refractivity contribution in [3.63, 3.8) is 0 Å². The van der Waals surface area contributed by atoms with Gasteiger partial charge < -0.3 is 5.73 Å². The Balaban J connectivity index is 2.75. The molecule has 0 saturated carbocycles. The van der Waals surface area contributed by atoms with E-state index in [9.17, 15) is 0 Å². The van der Waals surface area contributed by atoms with Crippen LogP contribution in [-0.4, -0.2) is 9.78 Å². The number of nitrogens with two attached hydrogens (primary N) is 1. The predicted molar refractivity (Wildman–Crippen MR) is 53.6 cm³/mol. The Kier molecular flexibility index (Phi) is 1.98. The van der Waals surface area contributed by atoms with Crippen LogP contribution in [0, 0.1) is 0 Å². The zero-order chi connectivity index (χ0) is 9.42. The Morgan fingerprint density at radius 3 is 3.00 bits per heavy atom. The molecule has 2 aromatic rings. The minimum atomic E-state index is 0.505. The van der Waals surface area contributed by atoms with Crippen LogP contribution in [0.4, 0.5) is 0 Å². The Morgan fingerprint density at radius 2 is 2.31 bits per heavy atom. The molecule has 2 rings (SSSR count). The van der Waals surface area contributed by atoms with Crippen molar-refractivity contribution >= 4 is 22.5 Å². The molecule has 1 heterocycles. The van der Waals surface area contributed by atoms with E-state index in [1.165, 1.54) is 0 Å². The van der Waals surface area contributed by atoms with Gasteiger partial charge in [-0.2, -0.15) is 5.10 Å². The fourth-order valence-corrected chi connectivity index (χ4v) is 1.68. The number of aryl methyl sites for hydroxylation is 1. The second-order valence-electron chi connectivity index (χ2n) is 3.02. The number of fused-ring (bicyclic) bond motifs is 1. The minimum absolute atomic E-state index is 0.505. The van der Waals surface area contributed by atoms with Crippen LogP contribution < -0.4 is 5.73 Å². The molecule has 0 aliphatic carbocycles. The maximum Gasteiger partial charge on any atom is 0.111 e. The SMILES string of the molecule is Cn1cc2cc(CN)cc(Cl)c2n1. The second kappa shape index (κ2) is 3.01. The van der Waals surface area contributed by atoms with Crippen molar-refractivity contribution in [2.45, 2.75) is 6.54 Å². The van der Waals surface area contributed by atoms with Crippen molar-refractivity contribution in [3.05, 3.63) is 28.9 Å². The van der Waals surface area contributed by atoms with Gasteiger partial charge in [0.2, 0.25) is 0 Å². The molecular formula is C9H10ClN3. The molecule has 0 unspecified atom stereocenters. The van der Waals surface area contributed by atoms with Gasteiger partial charge in [0, 0.05) is 25.2 Å². The summed E-state index contributed by atoms with van der Waals surface area (Å²) in [7, 11) is 1.87. The first-order valence-corrected chi connectivity index (χ1v) is 4.40. The van der Waals surface area contributed by atoms with Gasteiger partial charge in [-0.15, -0.1) is 0 Å². The molecule has 68 valence electrons. The summed E-state index contributed by atoms with van der Waals surface area (Å²) in [4.78, 5) is 0. The quantitative estimate of drug-likeness (QED) is 0.753. The van der Waals surface area contributed by atoms with Gasteiger partial charge in [-0.3, -0.25) is 4.68 Å². The van der Waals surface area contributed by atoms with E-state index in [1.807, 2.05) is 25.4 Å². The first-order chi connectivity index (χ1) is 6.20. The molecule has 0 amide bonds. The normalized spacial score (nSPS) is 11.0. The molecule has 0 atom stereocenters. The lowest BCUT2D eigenvalue weighted by molar-refractivity contribution is 0.780. The van der Waals surface area contributed by atoms with Gasteiger partial charge >= 0.3 is 0 Å². The van der Waals surface area contributed by atoms with E-state index in [1.54, 1.807) is 4.68 Å². The van der Waals surface area contributed by atoms with Crippen LogP contribution in [0.25, 0.3) is 10.9 Å². The number of benzene rings is 1. The summed E-state index contributed by atoms with van der Waals surface area (Å²) < 4.78 is 1.75. The highest BCUT2D eigenvalue weighted by Crippen LogP contribution is 2.23. The summed E-state index contributed by atoms with van der Waals surface area (Å²) in [6.45, 7) is 0.505. The Hall–Kier alpha value is -1.06. The van der Waals surface area contributed by atoms with Crippen molar-refractivity contribution in [3.8, 4) is 0 Å². The highest BCUT2D eigenvalue weighted by Gasteiger charge is 2.04. The van der Waals surface area contributed by atoms with Crippen molar-refractivity contribution in [2.24, 2.45) is 12.8 Å². The molecule has 0 fully saturated rings. The molecule has 0 saturated heterocycles. The zero-order valence-corrected chi connectivity index (χ0v) is 8.04. The van der Waals surface area contributed by atoms with Gasteiger partial charge in [0.1, 0.15) is 5.52 Å². The van der Waals surface area contributed by atoms with Gasteiger partial charge in [-0.05, 0) is 17.7 Å². The number of aromatic nitrogens is 2. The van der Waals surface area contributed by atoms with E-state index in [0.717, 1.165) is 16.5 Å². The maximum absolute atomic E-state index is 6.02. The molecule has 0 aliphatic rings. The Labute approximate surface area is 81.1 Å². The molecule has 0 aliphatic heterocycles. The van der Waals surface area contributed by atoms with E-state index in [2.05, 4.69) is 5.10 Å². The molecule has 0 radical (unpaired) electrons. The molecule has 1 aromatic carbocycles. The standard InChI is InChI=1S/C9H10ClN3/c1-13-5-7-2-6(4-11)3-8(10)9(7)12-13/h2-3,5H,4,11H2,1H3. The summed E-state index contributed by atoms with van der Waals surface area (Å²) in [6.07, 6.45) is 1.93. The summed E-state index contributed by atoms with van der Waals surface area (Å²) in [5.41, 5.74) is 7.40. The summed E-state index contributed by atoms with van der Waals surface area (Å²) in [5, 5.41) is 5.93. The number of rotatable bonds is 1. The van der Waals surface area contributed by atoms with Crippen LogP contribution in [-0.2, 0) is 13.6 Å². The zero-order valence-electron chi connectivity index (χ0n) is 7.29. The highest BCUT2D eigenvalue weighted by molar-refractivity contribution is 6.35. The molecule has 1 aromatic heterocycles. The van der Waals surface area contributed by atoms with Gasteiger partial charge in [-0.1, -0.05) is 11.6 Å². The highest BCUT2D eigenvalue weighted by atomic mass is 35.5. The number of nitrogens with zero attached hydrogens (tertiary/aromatic N) is 2. The van der Waals surface area contributed by atoms with Crippen LogP contribution in [0.1, 0.15) is 5.56 Å². The van der Waals surface area contributed by atoms with Crippen LogP contribution >= 0.6 is 11.6 Å². The number of hydrogen-bond donors (Lipinski definition) is 1. The average Bonchev–Trinajstić information content (AvgIpc) is 2.46. The molecule has 2 N–H and O–H groups in total. The van der Waals surface area contributed by atoms with E-state index in [0.29, 0.717) is 11.6 Å². The van der Waals surface area contributed by atoms with Crippen molar-refractivity contribution in [1.29, 1.82) is 0 Å². The van der Waals surface area contributed by atoms with Crippen LogP contribution in [0.2, 0.25) is 5.02 Å². The van der Waals surface area contributed by atoms with Gasteiger partial charge in [0.15, 0.2) is 0 Å². The topological polar surface area (TPSA) is 43.8 Å². The largest absolute Gasteiger partial charge is 0.326 e. The van der Waals surface area contributed by atoms with E-state index in [4.69, 9.17) is 17.3 Å². The third kappa shape index (κ3) is 1.41. The molecule has 0 spiro atoms. The van der Waals surface area contributed by atoms with Gasteiger partial charge in [-0.25, -0.2) is 0 Å². The summed E-state index contributed by atoms with van der Waals surface area (Å²) >= 11 is 6.02. The number of hydrogen-bond acceptors (Lipinski definition) is 2. The minimum Gasteiger partial charge on any atom is -0.326 e. The van der Waals surface area contributed by atoms with Gasteiger partial charge in [0.25, 0.3) is 0 Å². The van der Waals surface area contributed by atoms with E-state index >= 15 is 0 Å². The summed E-state index contributed by atoms with van der Waals surface area (Å²) in [6, 6.07) is 3.87. The lowest BCUT2D eigenvalue weighted by Crippen LogP contribution is -1.95. The fraction of sp³-hybridized carbons (Fsp3) is 0.222. The maximum atomic E-state index is 6.02. The van der Waals surface area contributed by atoms with Gasteiger partial charge in [0.05, 0.1) is 5.02 Å². The third-order valence-corrected chi connectivity index (χ3v) is 2.26. The third-order valence-electron chi connectivity index (χ3n) is 1.97. The van der Waals surface area contributed by atoms with Crippen molar-refractivity contribution < 1.29 is 0 Å². The molecular weight excluding hydrogens is 186 g/mol. The lowest BCUT2D eigenvalue weighted by atomic mass is 10.1. The van der Waals surface area contributed by atoms with Crippen molar-refractivity contribution in [1.82, 2.24) is 9.78 Å². The number of halogens is 1. The fourth-order valence-electron chi connectivity index (χ4n) is 1.39. The van der Waals surface area contributed by atoms with E-state index < -0.39 is 0 Å². The summed E-state index contributed by atoms with van der Waals surface area (Å²) in [5.74, 6) is 0. The van der Waals surface area contributed by atoms with Crippen LogP contribution in [0.3, 0.4) is 0 Å². The first-order valence-electron chi connectivity index (χ1n) is 4.02. The predicted octanol–water partition coefficient (Wildman–Crippen LogP) is 1.69. The Morgan fingerprint density at radius 1 is 1.54 bits per heavy atom. The van der Waals surface area contributed by atoms with E-state index in [-0.39, 0.29) is 0 Å². The second-order valence-corrected chi connectivity index (χ2v) is 3.43. The molecule has 13 heavy (non-hydrogen) atoms. The van der Waals surface area contributed by atoms with Crippen molar-refractivity contribution in [2.75, 3.05) is 0 Å².